The normalized spacial score (nSPS) is 29.5. The number of likely N-dealkylation sites (N-methyl/N-ethyl adjacent to an activating group) is 1. The number of hydrogen-bond acceptors (Lipinski definition) is 4. The Bertz CT molecular complexity index is 917. The maximum Gasteiger partial charge on any atom is 0.189 e. The van der Waals surface area contributed by atoms with E-state index in [1.807, 2.05) is 13.1 Å². The predicted octanol–water partition coefficient (Wildman–Crippen LogP) is 2.35. The Balaban J connectivity index is 2.28. The quantitative estimate of drug-likeness (QED) is 0.726. The van der Waals surface area contributed by atoms with E-state index in [9.17, 15) is 15.8 Å². The van der Waals surface area contributed by atoms with Crippen molar-refractivity contribution in [3.05, 3.63) is 45.5 Å². The molecule has 1 aromatic carbocycles. The van der Waals surface area contributed by atoms with E-state index in [2.05, 4.69) is 18.2 Å². The summed E-state index contributed by atoms with van der Waals surface area (Å²) in [6, 6.07) is 11.3. The van der Waals surface area contributed by atoms with Gasteiger partial charge in [-0.2, -0.15) is 15.8 Å². The lowest BCUT2D eigenvalue weighted by molar-refractivity contribution is -0.878. The number of nitrogens with zero attached hydrogens (tertiary/aromatic N) is 3. The van der Waals surface area contributed by atoms with E-state index in [4.69, 9.17) is 28.6 Å². The van der Waals surface area contributed by atoms with Crippen LogP contribution in [0.4, 0.5) is 0 Å². The minimum absolute atomic E-state index is 0.150. The summed E-state index contributed by atoms with van der Waals surface area (Å²) in [5.41, 5.74) is -0.338. The summed E-state index contributed by atoms with van der Waals surface area (Å²) in [7, 11) is 2.03. The molecule has 4 atom stereocenters. The van der Waals surface area contributed by atoms with Gasteiger partial charge in [0, 0.05) is 11.8 Å². The van der Waals surface area contributed by atoms with E-state index >= 15 is 0 Å². The van der Waals surface area contributed by atoms with Crippen molar-refractivity contribution in [3.8, 4) is 18.2 Å². The van der Waals surface area contributed by atoms with E-state index in [1.54, 1.807) is 18.2 Å². The van der Waals surface area contributed by atoms with Gasteiger partial charge in [-0.25, -0.2) is 0 Å². The Labute approximate surface area is 162 Å². The van der Waals surface area contributed by atoms with Gasteiger partial charge < -0.3 is 10.3 Å². The standard InChI is InChI=1S/C19H15Cl2N5/c1-26-5-4-12-13(7-22)18(25)19(9-23,10-24)17(14(12)8-26)11-2-3-15(20)16(21)6-11/h2-4,6,13-14,17,25H,5,8H2,1H3/p+1/t13?,14-,17+/m1/s1. The molecule has 0 bridgehead atoms. The van der Waals surface area contributed by atoms with Crippen molar-refractivity contribution < 1.29 is 4.90 Å². The van der Waals surface area contributed by atoms with Crippen molar-refractivity contribution in [1.82, 2.24) is 0 Å². The highest BCUT2D eigenvalue weighted by Crippen LogP contribution is 2.52. The molecule has 1 aromatic rings. The van der Waals surface area contributed by atoms with Crippen LogP contribution in [0, 0.1) is 56.7 Å². The molecule has 0 spiro atoms. The molecule has 1 aliphatic heterocycles. The van der Waals surface area contributed by atoms with Crippen LogP contribution in [0.2, 0.25) is 10.0 Å². The summed E-state index contributed by atoms with van der Waals surface area (Å²) in [4.78, 5) is 1.22. The number of nitriles is 3. The number of benzene rings is 1. The Morgan fingerprint density at radius 2 is 1.88 bits per heavy atom. The van der Waals surface area contributed by atoms with Crippen LogP contribution in [0.25, 0.3) is 0 Å². The van der Waals surface area contributed by atoms with Crippen molar-refractivity contribution in [1.29, 1.82) is 21.2 Å². The molecule has 1 saturated carbocycles. The molecule has 2 unspecified atom stereocenters. The number of fused-ring (bicyclic) bond motifs is 1. The van der Waals surface area contributed by atoms with Gasteiger partial charge >= 0.3 is 0 Å². The zero-order valence-electron chi connectivity index (χ0n) is 14.1. The summed E-state index contributed by atoms with van der Waals surface area (Å²) in [6.45, 7) is 1.42. The minimum Gasteiger partial charge on any atom is -0.334 e. The van der Waals surface area contributed by atoms with Crippen LogP contribution >= 0.6 is 23.2 Å². The molecule has 130 valence electrons. The molecule has 0 aromatic heterocycles. The van der Waals surface area contributed by atoms with E-state index < -0.39 is 17.3 Å². The highest BCUT2D eigenvalue weighted by atomic mass is 35.5. The lowest BCUT2D eigenvalue weighted by Crippen LogP contribution is -3.10. The minimum atomic E-state index is -1.71. The lowest BCUT2D eigenvalue weighted by Gasteiger charge is -2.46. The van der Waals surface area contributed by atoms with Gasteiger partial charge in [0.25, 0.3) is 0 Å². The van der Waals surface area contributed by atoms with E-state index in [-0.39, 0.29) is 11.6 Å². The van der Waals surface area contributed by atoms with Gasteiger partial charge in [-0.3, -0.25) is 0 Å². The molecule has 0 saturated heterocycles. The summed E-state index contributed by atoms with van der Waals surface area (Å²) >= 11 is 12.2. The van der Waals surface area contributed by atoms with Crippen LogP contribution in [-0.4, -0.2) is 25.8 Å². The van der Waals surface area contributed by atoms with Gasteiger partial charge in [-0.15, -0.1) is 0 Å². The average Bonchev–Trinajstić information content (AvgIpc) is 2.63. The zero-order valence-corrected chi connectivity index (χ0v) is 15.6. The number of halogens is 2. The van der Waals surface area contributed by atoms with Crippen LogP contribution in [0.1, 0.15) is 11.5 Å². The molecule has 1 heterocycles. The number of quaternary nitrogens is 1. The first-order valence-corrected chi connectivity index (χ1v) is 8.92. The van der Waals surface area contributed by atoms with Gasteiger partial charge in [0.2, 0.25) is 0 Å². The fraction of sp³-hybridized carbons (Fsp3) is 0.368. The molecule has 2 N–H and O–H groups in total. The van der Waals surface area contributed by atoms with Crippen molar-refractivity contribution in [2.75, 3.05) is 20.1 Å². The predicted molar refractivity (Wildman–Crippen MR) is 97.9 cm³/mol. The summed E-state index contributed by atoms with van der Waals surface area (Å²) in [6.07, 6.45) is 1.98. The van der Waals surface area contributed by atoms with Gasteiger partial charge in [0.05, 0.1) is 54.1 Å². The van der Waals surface area contributed by atoms with Crippen LogP contribution in [-0.2, 0) is 0 Å². The third-order valence-corrected chi connectivity index (χ3v) is 6.12. The first kappa shape index (κ1) is 18.4. The van der Waals surface area contributed by atoms with Crippen LogP contribution < -0.4 is 4.90 Å². The Kier molecular flexibility index (Phi) is 4.78. The lowest BCUT2D eigenvalue weighted by atomic mass is 9.54. The van der Waals surface area contributed by atoms with Crippen LogP contribution in [0.3, 0.4) is 0 Å². The Morgan fingerprint density at radius 3 is 2.46 bits per heavy atom. The zero-order chi connectivity index (χ0) is 19.1. The molecule has 7 heteroatoms. The van der Waals surface area contributed by atoms with E-state index in [1.165, 1.54) is 4.90 Å². The molecule has 0 amide bonds. The second-order valence-corrected chi connectivity index (χ2v) is 7.65. The first-order valence-electron chi connectivity index (χ1n) is 8.16. The molecule has 1 fully saturated rings. The molecule has 5 nitrogen and oxygen atoms in total. The third-order valence-electron chi connectivity index (χ3n) is 5.38. The molecule has 0 radical (unpaired) electrons. The summed E-state index contributed by atoms with van der Waals surface area (Å²) < 4.78 is 0. The summed E-state index contributed by atoms with van der Waals surface area (Å²) in [5.74, 6) is -1.61. The van der Waals surface area contributed by atoms with Gasteiger partial charge in [0.1, 0.15) is 5.92 Å². The molecule has 26 heavy (non-hydrogen) atoms. The number of rotatable bonds is 1. The smallest absolute Gasteiger partial charge is 0.189 e. The maximum atomic E-state index is 9.93. The van der Waals surface area contributed by atoms with Crippen LogP contribution in [0.5, 0.6) is 0 Å². The highest BCUT2D eigenvalue weighted by Gasteiger charge is 2.58. The number of nitrogens with one attached hydrogen (secondary N) is 2. The fourth-order valence-corrected chi connectivity index (χ4v) is 4.44. The SMILES string of the molecule is C[NH+]1CC=C2C(C#N)C(=N)C(C#N)(C#N)[C@@H](c3ccc(Cl)c(Cl)c3)[C@@H]2C1. The van der Waals surface area contributed by atoms with E-state index in [0.29, 0.717) is 22.2 Å². The topological polar surface area (TPSA) is 99.7 Å². The molecular weight excluding hydrogens is 369 g/mol. The average molecular weight is 385 g/mol. The van der Waals surface area contributed by atoms with E-state index in [0.717, 1.165) is 12.1 Å². The monoisotopic (exact) mass is 384 g/mol. The largest absolute Gasteiger partial charge is 0.334 e. The van der Waals surface area contributed by atoms with Gasteiger partial charge in [0.15, 0.2) is 5.41 Å². The molecule has 1 aliphatic carbocycles. The Morgan fingerprint density at radius 1 is 1.19 bits per heavy atom. The third kappa shape index (κ3) is 2.59. The summed E-state index contributed by atoms with van der Waals surface area (Å²) in [5, 5.41) is 38.7. The molecule has 3 rings (SSSR count). The van der Waals surface area contributed by atoms with Crippen molar-refractivity contribution in [2.24, 2.45) is 17.3 Å². The van der Waals surface area contributed by atoms with Gasteiger partial charge in [-0.1, -0.05) is 29.3 Å². The molecule has 2 aliphatic rings. The fourth-order valence-electron chi connectivity index (χ4n) is 4.14. The van der Waals surface area contributed by atoms with Crippen LogP contribution in [0.15, 0.2) is 29.8 Å². The number of hydrogen-bond donors (Lipinski definition) is 2. The first-order chi connectivity index (χ1) is 12.4. The van der Waals surface area contributed by atoms with Gasteiger partial charge in [-0.05, 0) is 29.3 Å². The second-order valence-electron chi connectivity index (χ2n) is 6.83. The van der Waals surface area contributed by atoms with Crippen molar-refractivity contribution in [3.63, 3.8) is 0 Å². The Hall–Kier alpha value is -2.36. The maximum absolute atomic E-state index is 9.93. The van der Waals surface area contributed by atoms with Crippen molar-refractivity contribution in [2.45, 2.75) is 5.92 Å². The highest BCUT2D eigenvalue weighted by molar-refractivity contribution is 6.42. The van der Waals surface area contributed by atoms with Crippen molar-refractivity contribution >= 4 is 28.9 Å². The molecular formula is C19H16Cl2N5+. The second kappa shape index (κ2) is 6.75.